The van der Waals surface area contributed by atoms with E-state index in [0.717, 1.165) is 36.5 Å². The fraction of sp³-hybridized carbons (Fsp3) is 0.267. The SMILES string of the molecule is CCCCc1nc(C(C)(F)F)nn1Cc1ccc(Cc2ccccc2C(=O)O)cc1.O=C(O)c1ccccc1. The van der Waals surface area contributed by atoms with E-state index in [4.69, 9.17) is 5.11 Å². The van der Waals surface area contributed by atoms with Gasteiger partial charge in [0, 0.05) is 13.3 Å². The molecule has 0 saturated carbocycles. The number of hydrogen-bond acceptors (Lipinski definition) is 4. The summed E-state index contributed by atoms with van der Waals surface area (Å²) in [5, 5.41) is 21.8. The molecule has 4 rings (SSSR count). The third-order valence-electron chi connectivity index (χ3n) is 5.91. The van der Waals surface area contributed by atoms with Gasteiger partial charge in [-0.3, -0.25) is 0 Å². The van der Waals surface area contributed by atoms with Gasteiger partial charge >= 0.3 is 17.9 Å². The molecular weight excluding hydrogens is 504 g/mol. The molecule has 0 aliphatic carbocycles. The first-order chi connectivity index (χ1) is 18.6. The summed E-state index contributed by atoms with van der Waals surface area (Å²) in [4.78, 5) is 25.6. The molecule has 0 spiro atoms. The van der Waals surface area contributed by atoms with Crippen molar-refractivity contribution in [3.63, 3.8) is 0 Å². The van der Waals surface area contributed by atoms with Gasteiger partial charge in [0.1, 0.15) is 5.82 Å². The Labute approximate surface area is 225 Å². The molecule has 204 valence electrons. The molecule has 2 N–H and O–H groups in total. The first kappa shape index (κ1) is 29.2. The summed E-state index contributed by atoms with van der Waals surface area (Å²) < 4.78 is 28.9. The number of hydrogen-bond donors (Lipinski definition) is 2. The Kier molecular flexibility index (Phi) is 10.0. The van der Waals surface area contributed by atoms with E-state index >= 15 is 0 Å². The summed E-state index contributed by atoms with van der Waals surface area (Å²) in [6.07, 6.45) is 2.90. The minimum absolute atomic E-state index is 0.290. The van der Waals surface area contributed by atoms with Crippen molar-refractivity contribution in [1.82, 2.24) is 14.8 Å². The lowest BCUT2D eigenvalue weighted by Gasteiger charge is -2.09. The Morgan fingerprint density at radius 2 is 1.49 bits per heavy atom. The van der Waals surface area contributed by atoms with Crippen molar-refractivity contribution in [3.8, 4) is 0 Å². The van der Waals surface area contributed by atoms with Crippen molar-refractivity contribution < 1.29 is 28.6 Å². The van der Waals surface area contributed by atoms with E-state index in [-0.39, 0.29) is 5.56 Å². The van der Waals surface area contributed by atoms with Crippen LogP contribution in [0.4, 0.5) is 8.78 Å². The summed E-state index contributed by atoms with van der Waals surface area (Å²) >= 11 is 0. The lowest BCUT2D eigenvalue weighted by atomic mass is 9.99. The van der Waals surface area contributed by atoms with Gasteiger partial charge in [-0.1, -0.05) is 74.0 Å². The number of nitrogens with zero attached hydrogens (tertiary/aromatic N) is 3. The number of benzene rings is 3. The molecule has 1 aromatic heterocycles. The molecule has 0 saturated heterocycles. The highest BCUT2D eigenvalue weighted by Gasteiger charge is 2.31. The van der Waals surface area contributed by atoms with Gasteiger partial charge < -0.3 is 10.2 Å². The van der Waals surface area contributed by atoms with Gasteiger partial charge in [-0.05, 0) is 47.7 Å². The number of unbranched alkanes of at least 4 members (excludes halogenated alkanes) is 1. The van der Waals surface area contributed by atoms with Crippen molar-refractivity contribution >= 4 is 11.9 Å². The van der Waals surface area contributed by atoms with Gasteiger partial charge in [0.05, 0.1) is 17.7 Å². The molecular formula is C30H31F2N3O4. The predicted octanol–water partition coefficient (Wildman–Crippen LogP) is 6.45. The number of rotatable bonds is 10. The number of alkyl halides is 2. The van der Waals surface area contributed by atoms with Gasteiger partial charge in [0.15, 0.2) is 0 Å². The highest BCUT2D eigenvalue weighted by atomic mass is 19.3. The summed E-state index contributed by atoms with van der Waals surface area (Å²) in [6, 6.07) is 22.9. The number of aryl methyl sites for hydroxylation is 1. The first-order valence-corrected chi connectivity index (χ1v) is 12.6. The standard InChI is InChI=1S/C23H25F2N3O2.C7H6O2/c1-3-4-9-20-26-22(23(2,24)25)27-28(20)15-17-12-10-16(11-13-17)14-18-7-5-6-8-19(18)21(29)30;8-7(9)6-4-2-1-3-5-6/h5-8,10-13H,3-4,9,14-15H2,1-2H3,(H,29,30);1-5H,(H,8,9). The Hall–Kier alpha value is -4.40. The molecule has 0 bridgehead atoms. The zero-order chi connectivity index (χ0) is 28.4. The van der Waals surface area contributed by atoms with Crippen LogP contribution < -0.4 is 0 Å². The fourth-order valence-corrected chi connectivity index (χ4v) is 3.83. The maximum Gasteiger partial charge on any atom is 0.335 e. The molecule has 3 aromatic carbocycles. The third kappa shape index (κ3) is 8.56. The van der Waals surface area contributed by atoms with Crippen molar-refractivity contribution in [3.05, 3.63) is 118 Å². The molecule has 0 atom stereocenters. The quantitative estimate of drug-likeness (QED) is 0.242. The van der Waals surface area contributed by atoms with E-state index in [2.05, 4.69) is 10.1 Å². The first-order valence-electron chi connectivity index (χ1n) is 12.6. The van der Waals surface area contributed by atoms with E-state index in [1.165, 1.54) is 0 Å². The van der Waals surface area contributed by atoms with Crippen LogP contribution in [-0.2, 0) is 25.3 Å². The van der Waals surface area contributed by atoms with Crippen molar-refractivity contribution in [1.29, 1.82) is 0 Å². The average Bonchev–Trinajstić information content (AvgIpc) is 3.33. The second kappa shape index (κ2) is 13.4. The maximum absolute atomic E-state index is 13.7. The highest BCUT2D eigenvalue weighted by Crippen LogP contribution is 2.24. The zero-order valence-corrected chi connectivity index (χ0v) is 21.8. The van der Waals surface area contributed by atoms with Crippen molar-refractivity contribution in [2.24, 2.45) is 0 Å². The van der Waals surface area contributed by atoms with Gasteiger partial charge in [0.25, 0.3) is 0 Å². The normalized spacial score (nSPS) is 11.0. The number of aromatic nitrogens is 3. The van der Waals surface area contributed by atoms with Crippen LogP contribution in [0.5, 0.6) is 0 Å². The van der Waals surface area contributed by atoms with Crippen LogP contribution in [0.15, 0.2) is 78.9 Å². The third-order valence-corrected chi connectivity index (χ3v) is 5.91. The smallest absolute Gasteiger partial charge is 0.335 e. The highest BCUT2D eigenvalue weighted by molar-refractivity contribution is 5.89. The average molecular weight is 536 g/mol. The molecule has 0 aliphatic rings. The van der Waals surface area contributed by atoms with E-state index in [0.29, 0.717) is 30.8 Å². The summed E-state index contributed by atoms with van der Waals surface area (Å²) in [5.41, 5.74) is 3.25. The molecule has 9 heteroatoms. The van der Waals surface area contributed by atoms with Gasteiger partial charge in [0.2, 0.25) is 5.82 Å². The van der Waals surface area contributed by atoms with E-state index in [9.17, 15) is 23.5 Å². The summed E-state index contributed by atoms with van der Waals surface area (Å²) in [6.45, 7) is 3.20. The topological polar surface area (TPSA) is 105 Å². The minimum Gasteiger partial charge on any atom is -0.478 e. The van der Waals surface area contributed by atoms with E-state index < -0.39 is 23.7 Å². The Morgan fingerprint density at radius 3 is 2.05 bits per heavy atom. The lowest BCUT2D eigenvalue weighted by Crippen LogP contribution is -2.11. The molecule has 39 heavy (non-hydrogen) atoms. The van der Waals surface area contributed by atoms with Crippen LogP contribution in [0.25, 0.3) is 0 Å². The van der Waals surface area contributed by atoms with Gasteiger partial charge in [-0.25, -0.2) is 19.3 Å². The van der Waals surface area contributed by atoms with Gasteiger partial charge in [-0.15, -0.1) is 5.10 Å². The minimum atomic E-state index is -3.08. The zero-order valence-electron chi connectivity index (χ0n) is 21.8. The Balaban J connectivity index is 0.000000395. The molecule has 0 aliphatic heterocycles. The van der Waals surface area contributed by atoms with Crippen molar-refractivity contribution in [2.75, 3.05) is 0 Å². The number of carbonyl (C=O) groups is 2. The fourth-order valence-electron chi connectivity index (χ4n) is 3.83. The van der Waals surface area contributed by atoms with Crippen LogP contribution in [0.1, 0.15) is 75.7 Å². The van der Waals surface area contributed by atoms with Crippen LogP contribution in [0.2, 0.25) is 0 Å². The Bertz CT molecular complexity index is 1380. The Morgan fingerprint density at radius 1 is 0.872 bits per heavy atom. The van der Waals surface area contributed by atoms with E-state index in [1.807, 2.05) is 37.3 Å². The maximum atomic E-state index is 13.7. The van der Waals surface area contributed by atoms with Gasteiger partial charge in [-0.2, -0.15) is 8.78 Å². The second-order valence-electron chi connectivity index (χ2n) is 9.13. The molecule has 7 nitrogen and oxygen atoms in total. The number of carboxylic acid groups (broad SMARTS) is 2. The van der Waals surface area contributed by atoms with Crippen LogP contribution in [0.3, 0.4) is 0 Å². The second-order valence-corrected chi connectivity index (χ2v) is 9.13. The number of carboxylic acids is 2. The number of aromatic carboxylic acids is 2. The summed E-state index contributed by atoms with van der Waals surface area (Å²) in [7, 11) is 0. The molecule has 1 heterocycles. The monoisotopic (exact) mass is 535 g/mol. The molecule has 0 radical (unpaired) electrons. The molecule has 0 unspecified atom stereocenters. The largest absolute Gasteiger partial charge is 0.478 e. The van der Waals surface area contributed by atoms with Crippen LogP contribution in [-0.4, -0.2) is 36.9 Å². The molecule has 4 aromatic rings. The van der Waals surface area contributed by atoms with Crippen LogP contribution in [0, 0.1) is 0 Å². The summed E-state index contributed by atoms with van der Waals surface area (Å²) in [5.74, 6) is -4.79. The van der Waals surface area contributed by atoms with Crippen molar-refractivity contribution in [2.45, 2.75) is 52.0 Å². The van der Waals surface area contributed by atoms with E-state index in [1.54, 1.807) is 53.2 Å². The predicted molar refractivity (Wildman–Crippen MR) is 143 cm³/mol. The van der Waals surface area contributed by atoms with Crippen LogP contribution >= 0.6 is 0 Å². The number of halogens is 2. The lowest BCUT2D eigenvalue weighted by molar-refractivity contribution is 0.00754. The molecule has 0 fully saturated rings. The molecule has 0 amide bonds.